The van der Waals surface area contributed by atoms with Crippen molar-refractivity contribution in [3.05, 3.63) is 46.5 Å². The van der Waals surface area contributed by atoms with E-state index in [0.717, 1.165) is 0 Å². The molecule has 1 spiro atoms. The standard InChI is InChI=1S/C19H26N2O6Si/c1-5-9-20-15-7-6-13(21(24)25)11-14(15)19(18(20)23)12(2)17(28(3,4)26)16(27-19)8-10-22/h5-7,11-12,16-17,22,26H,1,8-10H2,2-4H3/t12-,16+,17-,19+/m1/s1. The maximum atomic E-state index is 13.5. The number of nitro benzene ring substituents is 1. The summed E-state index contributed by atoms with van der Waals surface area (Å²) in [5.41, 5.74) is -0.834. The van der Waals surface area contributed by atoms with E-state index in [9.17, 15) is 24.8 Å². The van der Waals surface area contributed by atoms with Gasteiger partial charge in [-0.05, 0) is 25.6 Å². The summed E-state index contributed by atoms with van der Waals surface area (Å²) in [4.78, 5) is 36.8. The third-order valence-electron chi connectivity index (χ3n) is 5.90. The van der Waals surface area contributed by atoms with Crippen LogP contribution in [0.1, 0.15) is 18.9 Å². The van der Waals surface area contributed by atoms with Crippen LogP contribution in [0, 0.1) is 16.0 Å². The topological polar surface area (TPSA) is 113 Å². The van der Waals surface area contributed by atoms with E-state index in [4.69, 9.17) is 4.74 Å². The Morgan fingerprint density at radius 2 is 2.14 bits per heavy atom. The summed E-state index contributed by atoms with van der Waals surface area (Å²) < 4.78 is 6.32. The minimum Gasteiger partial charge on any atom is -0.432 e. The molecular weight excluding hydrogens is 380 g/mol. The molecule has 152 valence electrons. The largest absolute Gasteiger partial charge is 0.432 e. The van der Waals surface area contributed by atoms with E-state index >= 15 is 0 Å². The minimum absolute atomic E-state index is 0.121. The molecule has 1 aromatic carbocycles. The van der Waals surface area contributed by atoms with Gasteiger partial charge >= 0.3 is 0 Å². The first-order chi connectivity index (χ1) is 13.1. The van der Waals surface area contributed by atoms with Crippen LogP contribution >= 0.6 is 0 Å². The van der Waals surface area contributed by atoms with Crippen molar-refractivity contribution >= 4 is 25.6 Å². The zero-order chi connectivity index (χ0) is 20.9. The van der Waals surface area contributed by atoms with Crippen LogP contribution in [0.5, 0.6) is 0 Å². The second-order valence-corrected chi connectivity index (χ2v) is 12.0. The molecule has 2 aliphatic heterocycles. The average molecular weight is 407 g/mol. The number of hydrogen-bond donors (Lipinski definition) is 2. The number of nitro groups is 1. The molecule has 1 fully saturated rings. The monoisotopic (exact) mass is 406 g/mol. The lowest BCUT2D eigenvalue weighted by Gasteiger charge is -2.32. The molecule has 0 unspecified atom stereocenters. The Balaban J connectivity index is 2.22. The number of anilines is 1. The van der Waals surface area contributed by atoms with E-state index < -0.39 is 30.9 Å². The van der Waals surface area contributed by atoms with Gasteiger partial charge in [0, 0.05) is 42.3 Å². The van der Waals surface area contributed by atoms with Gasteiger partial charge in [-0.25, -0.2) is 0 Å². The molecule has 0 aromatic heterocycles. The number of non-ortho nitro benzene ring substituents is 1. The third-order valence-corrected chi connectivity index (χ3v) is 8.41. The molecule has 2 N–H and O–H groups in total. The zero-order valence-electron chi connectivity index (χ0n) is 16.3. The molecule has 1 amide bonds. The summed E-state index contributed by atoms with van der Waals surface area (Å²) in [6, 6.07) is 4.33. The molecule has 1 saturated heterocycles. The Hall–Kier alpha value is -2.07. The van der Waals surface area contributed by atoms with E-state index in [1.807, 2.05) is 6.92 Å². The highest BCUT2D eigenvalue weighted by atomic mass is 28.4. The van der Waals surface area contributed by atoms with Crippen molar-refractivity contribution in [1.29, 1.82) is 0 Å². The molecule has 0 saturated carbocycles. The van der Waals surface area contributed by atoms with Gasteiger partial charge in [0.2, 0.25) is 0 Å². The average Bonchev–Trinajstić information content (AvgIpc) is 3.03. The lowest BCUT2D eigenvalue weighted by molar-refractivity contribution is -0.385. The van der Waals surface area contributed by atoms with E-state index in [0.29, 0.717) is 11.3 Å². The van der Waals surface area contributed by atoms with Crippen molar-refractivity contribution in [3.63, 3.8) is 0 Å². The van der Waals surface area contributed by atoms with E-state index in [-0.39, 0.29) is 36.7 Å². The van der Waals surface area contributed by atoms with Crippen molar-refractivity contribution < 1.29 is 24.4 Å². The molecule has 4 atom stereocenters. The second-order valence-electron chi connectivity index (χ2n) is 8.04. The summed E-state index contributed by atoms with van der Waals surface area (Å²) >= 11 is 0. The van der Waals surface area contributed by atoms with Crippen LogP contribution in [0.15, 0.2) is 30.9 Å². The second kappa shape index (κ2) is 7.07. The quantitative estimate of drug-likeness (QED) is 0.324. The first-order valence-corrected chi connectivity index (χ1v) is 12.3. The predicted molar refractivity (Wildman–Crippen MR) is 107 cm³/mol. The molecule has 1 aromatic rings. The van der Waals surface area contributed by atoms with E-state index in [2.05, 4.69) is 6.58 Å². The maximum absolute atomic E-state index is 13.5. The number of amides is 1. The Labute approximate surface area is 164 Å². The molecule has 3 rings (SSSR count). The number of aliphatic hydroxyl groups is 1. The highest BCUT2D eigenvalue weighted by molar-refractivity contribution is 6.71. The van der Waals surface area contributed by atoms with Gasteiger partial charge in [-0.3, -0.25) is 14.9 Å². The maximum Gasteiger partial charge on any atom is 0.269 e. The Kier molecular flexibility index (Phi) is 5.22. The first-order valence-electron chi connectivity index (χ1n) is 9.32. The van der Waals surface area contributed by atoms with Crippen molar-refractivity contribution in [2.45, 2.75) is 43.7 Å². The summed E-state index contributed by atoms with van der Waals surface area (Å²) in [5.74, 6) is -0.710. The van der Waals surface area contributed by atoms with Gasteiger partial charge in [0.15, 0.2) is 13.9 Å². The Morgan fingerprint density at radius 3 is 2.68 bits per heavy atom. The Bertz CT molecular complexity index is 823. The smallest absolute Gasteiger partial charge is 0.269 e. The summed E-state index contributed by atoms with van der Waals surface area (Å²) in [7, 11) is -2.77. The molecular formula is C19H26N2O6Si. The van der Waals surface area contributed by atoms with Gasteiger partial charge in [0.05, 0.1) is 16.7 Å². The summed E-state index contributed by atoms with van der Waals surface area (Å²) in [6.07, 6.45) is 1.37. The molecule has 28 heavy (non-hydrogen) atoms. The summed E-state index contributed by atoms with van der Waals surface area (Å²) in [5, 5.41) is 20.8. The SMILES string of the molecule is C=CCN1C(=O)[C@@]2(O[C@@H](CCO)[C@H]([Si](C)(C)O)[C@H]2C)c2cc([N+](=O)[O-])ccc21. The van der Waals surface area contributed by atoms with Crippen molar-refractivity contribution in [1.82, 2.24) is 0 Å². The van der Waals surface area contributed by atoms with Crippen molar-refractivity contribution in [2.24, 2.45) is 5.92 Å². The van der Waals surface area contributed by atoms with Crippen LogP contribution in [0.25, 0.3) is 0 Å². The van der Waals surface area contributed by atoms with Crippen LogP contribution in [-0.4, -0.2) is 48.3 Å². The molecule has 0 aliphatic carbocycles. The van der Waals surface area contributed by atoms with E-state index in [1.54, 1.807) is 25.2 Å². The van der Waals surface area contributed by atoms with E-state index in [1.165, 1.54) is 17.0 Å². The number of hydrogen-bond acceptors (Lipinski definition) is 6. The van der Waals surface area contributed by atoms with Crippen molar-refractivity contribution in [3.8, 4) is 0 Å². The van der Waals surface area contributed by atoms with Crippen LogP contribution in [0.3, 0.4) is 0 Å². The fourth-order valence-electron chi connectivity index (χ4n) is 4.89. The normalized spacial score (nSPS) is 29.4. The van der Waals surface area contributed by atoms with Gasteiger partial charge in [-0.2, -0.15) is 0 Å². The van der Waals surface area contributed by atoms with Gasteiger partial charge in [-0.15, -0.1) is 6.58 Å². The summed E-state index contributed by atoms with van der Waals surface area (Å²) in [6.45, 7) is 9.24. The number of rotatable bonds is 6. The molecule has 2 aliphatic rings. The van der Waals surface area contributed by atoms with Crippen LogP contribution in [0.4, 0.5) is 11.4 Å². The number of carbonyl (C=O) groups excluding carboxylic acids is 1. The van der Waals surface area contributed by atoms with Gasteiger partial charge in [0.25, 0.3) is 11.6 Å². The number of fused-ring (bicyclic) bond motifs is 2. The van der Waals surface area contributed by atoms with Gasteiger partial charge in [0.1, 0.15) is 0 Å². The van der Waals surface area contributed by atoms with Crippen LogP contribution < -0.4 is 4.90 Å². The highest BCUT2D eigenvalue weighted by Crippen LogP contribution is 2.59. The number of benzene rings is 1. The molecule has 8 nitrogen and oxygen atoms in total. The Morgan fingerprint density at radius 1 is 1.46 bits per heavy atom. The van der Waals surface area contributed by atoms with Crippen molar-refractivity contribution in [2.75, 3.05) is 18.1 Å². The first kappa shape index (κ1) is 20.7. The molecule has 2 heterocycles. The lowest BCUT2D eigenvalue weighted by Crippen LogP contribution is -2.46. The molecule has 9 heteroatoms. The highest BCUT2D eigenvalue weighted by Gasteiger charge is 2.66. The van der Waals surface area contributed by atoms with Gasteiger partial charge in [-0.1, -0.05) is 13.0 Å². The number of ether oxygens (including phenoxy) is 1. The third kappa shape index (κ3) is 2.89. The van der Waals surface area contributed by atoms with Gasteiger partial charge < -0.3 is 19.5 Å². The van der Waals surface area contributed by atoms with Crippen LogP contribution in [-0.2, 0) is 15.1 Å². The molecule has 0 bridgehead atoms. The fraction of sp³-hybridized carbons (Fsp3) is 0.526. The lowest BCUT2D eigenvalue weighted by atomic mass is 9.82. The minimum atomic E-state index is -2.77. The zero-order valence-corrected chi connectivity index (χ0v) is 17.3. The fourth-order valence-corrected chi connectivity index (χ4v) is 7.49. The van der Waals surface area contributed by atoms with Crippen LogP contribution in [0.2, 0.25) is 18.6 Å². The molecule has 0 radical (unpaired) electrons. The predicted octanol–water partition coefficient (Wildman–Crippen LogP) is 2.31. The number of aliphatic hydroxyl groups excluding tert-OH is 1. The number of nitrogens with zero attached hydrogens (tertiary/aromatic N) is 2. The number of carbonyl (C=O) groups is 1.